The molecule has 21 heavy (non-hydrogen) atoms. The molecule has 6 heteroatoms. The lowest BCUT2D eigenvalue weighted by Gasteiger charge is -2.36. The summed E-state index contributed by atoms with van der Waals surface area (Å²) in [7, 11) is -3.49. The Bertz CT molecular complexity index is 575. The Balaban J connectivity index is 1.87. The molecule has 0 bridgehead atoms. The van der Waals surface area contributed by atoms with Gasteiger partial charge >= 0.3 is 0 Å². The molecule has 1 aromatic rings. The van der Waals surface area contributed by atoms with Crippen molar-refractivity contribution in [1.29, 1.82) is 0 Å². The fraction of sp³-hybridized carbons (Fsp3) is 0.600. The van der Waals surface area contributed by atoms with Gasteiger partial charge in [-0.05, 0) is 31.4 Å². The minimum atomic E-state index is -3.49. The van der Waals surface area contributed by atoms with E-state index in [2.05, 4.69) is 0 Å². The highest BCUT2D eigenvalue weighted by molar-refractivity contribution is 7.89. The first-order valence-electron chi connectivity index (χ1n) is 7.43. The van der Waals surface area contributed by atoms with E-state index in [1.165, 1.54) is 0 Å². The van der Waals surface area contributed by atoms with Gasteiger partial charge in [0.15, 0.2) is 0 Å². The quantitative estimate of drug-likeness (QED) is 0.912. The summed E-state index contributed by atoms with van der Waals surface area (Å²) in [6, 6.07) is 8.36. The number of ether oxygens (including phenoxy) is 1. The van der Waals surface area contributed by atoms with Gasteiger partial charge in [-0.1, -0.05) is 18.2 Å². The molecule has 0 unspecified atom stereocenters. The van der Waals surface area contributed by atoms with E-state index >= 15 is 0 Å². The zero-order chi connectivity index (χ0) is 14.9. The van der Waals surface area contributed by atoms with Crippen LogP contribution in [-0.4, -0.2) is 49.7 Å². The molecule has 0 saturated carbocycles. The lowest BCUT2D eigenvalue weighted by molar-refractivity contribution is -0.0543. The molecule has 2 saturated heterocycles. The van der Waals surface area contributed by atoms with Crippen LogP contribution in [0.1, 0.15) is 19.3 Å². The number of sulfonamides is 1. The van der Waals surface area contributed by atoms with Gasteiger partial charge in [0.1, 0.15) is 0 Å². The molecular weight excluding hydrogens is 290 g/mol. The Morgan fingerprint density at radius 2 is 1.95 bits per heavy atom. The Morgan fingerprint density at radius 3 is 2.67 bits per heavy atom. The second kappa shape index (κ2) is 6.04. The molecule has 3 atom stereocenters. The zero-order valence-electron chi connectivity index (χ0n) is 11.9. The van der Waals surface area contributed by atoms with E-state index in [4.69, 9.17) is 4.74 Å². The predicted molar refractivity (Wildman–Crippen MR) is 78.3 cm³/mol. The van der Waals surface area contributed by atoms with Crippen molar-refractivity contribution in [1.82, 2.24) is 4.31 Å². The molecule has 2 aliphatic rings. The normalized spacial score (nSPS) is 31.4. The van der Waals surface area contributed by atoms with Gasteiger partial charge in [-0.25, -0.2) is 8.42 Å². The predicted octanol–water partition coefficient (Wildman–Crippen LogP) is 1.24. The van der Waals surface area contributed by atoms with Gasteiger partial charge in [0, 0.05) is 25.1 Å². The third-order valence-corrected chi connectivity index (χ3v) is 6.39. The number of aliphatic hydroxyl groups excluding tert-OH is 1. The monoisotopic (exact) mass is 311 g/mol. The van der Waals surface area contributed by atoms with Crippen molar-refractivity contribution in [3.63, 3.8) is 0 Å². The summed E-state index contributed by atoms with van der Waals surface area (Å²) in [6.45, 7) is 1.51. The van der Waals surface area contributed by atoms with Crippen LogP contribution in [0, 0.1) is 5.92 Å². The van der Waals surface area contributed by atoms with Crippen LogP contribution in [0.3, 0.4) is 0 Å². The van der Waals surface area contributed by atoms with Crippen LogP contribution in [0.25, 0.3) is 0 Å². The Morgan fingerprint density at radius 1 is 1.19 bits per heavy atom. The lowest BCUT2D eigenvalue weighted by Crippen LogP contribution is -2.48. The number of aliphatic hydroxyl groups is 1. The number of nitrogens with zero attached hydrogens (tertiary/aromatic N) is 1. The second-order valence-corrected chi connectivity index (χ2v) is 7.62. The minimum Gasteiger partial charge on any atom is -0.393 e. The van der Waals surface area contributed by atoms with Crippen LogP contribution in [0.15, 0.2) is 35.2 Å². The van der Waals surface area contributed by atoms with Crippen LogP contribution in [0.2, 0.25) is 0 Å². The summed E-state index contributed by atoms with van der Waals surface area (Å²) in [5.74, 6) is -0.125. The van der Waals surface area contributed by atoms with Crippen LogP contribution in [0.4, 0.5) is 0 Å². The van der Waals surface area contributed by atoms with Gasteiger partial charge in [-0.3, -0.25) is 0 Å². The molecule has 5 nitrogen and oxygen atoms in total. The highest BCUT2D eigenvalue weighted by Gasteiger charge is 2.42. The summed E-state index contributed by atoms with van der Waals surface area (Å²) in [6.07, 6.45) is 1.73. The number of rotatable bonds is 3. The lowest BCUT2D eigenvalue weighted by atomic mass is 9.90. The molecule has 0 aliphatic carbocycles. The Hall–Kier alpha value is -0.950. The second-order valence-electron chi connectivity index (χ2n) is 5.73. The van der Waals surface area contributed by atoms with Crippen molar-refractivity contribution >= 4 is 10.0 Å². The number of hydrogen-bond donors (Lipinski definition) is 1. The van der Waals surface area contributed by atoms with Crippen molar-refractivity contribution in [3.8, 4) is 0 Å². The van der Waals surface area contributed by atoms with Crippen molar-refractivity contribution in [2.24, 2.45) is 5.92 Å². The summed E-state index contributed by atoms with van der Waals surface area (Å²) in [5, 5.41) is 10.2. The van der Waals surface area contributed by atoms with Crippen molar-refractivity contribution in [2.45, 2.75) is 36.3 Å². The molecule has 1 aromatic carbocycles. The van der Waals surface area contributed by atoms with E-state index in [1.807, 2.05) is 0 Å². The first-order chi connectivity index (χ1) is 10.1. The molecule has 0 amide bonds. The van der Waals surface area contributed by atoms with E-state index in [9.17, 15) is 13.5 Å². The molecule has 2 fully saturated rings. The Labute approximate surface area is 125 Å². The highest BCUT2D eigenvalue weighted by atomic mass is 32.2. The van der Waals surface area contributed by atoms with E-state index in [0.29, 0.717) is 31.1 Å². The zero-order valence-corrected chi connectivity index (χ0v) is 12.7. The third-order valence-electron chi connectivity index (χ3n) is 4.45. The van der Waals surface area contributed by atoms with Gasteiger partial charge in [-0.15, -0.1) is 0 Å². The topological polar surface area (TPSA) is 66.8 Å². The van der Waals surface area contributed by atoms with Gasteiger partial charge in [0.2, 0.25) is 10.0 Å². The molecule has 2 aliphatic heterocycles. The first-order valence-corrected chi connectivity index (χ1v) is 8.87. The van der Waals surface area contributed by atoms with Crippen molar-refractivity contribution in [3.05, 3.63) is 30.3 Å². The molecule has 116 valence electrons. The summed E-state index contributed by atoms with van der Waals surface area (Å²) >= 11 is 0. The molecule has 2 heterocycles. The maximum atomic E-state index is 12.8. The van der Waals surface area contributed by atoms with Gasteiger partial charge in [0.25, 0.3) is 0 Å². The molecule has 3 rings (SSSR count). The summed E-state index contributed by atoms with van der Waals surface area (Å²) in [4.78, 5) is 0.322. The van der Waals surface area contributed by atoms with Crippen LogP contribution < -0.4 is 0 Å². The largest absolute Gasteiger partial charge is 0.393 e. The summed E-state index contributed by atoms with van der Waals surface area (Å²) in [5.41, 5.74) is 0. The van der Waals surface area contributed by atoms with Crippen LogP contribution >= 0.6 is 0 Å². The fourth-order valence-corrected chi connectivity index (χ4v) is 5.10. The average molecular weight is 311 g/mol. The van der Waals surface area contributed by atoms with E-state index in [1.54, 1.807) is 34.6 Å². The smallest absolute Gasteiger partial charge is 0.243 e. The molecule has 0 spiro atoms. The third kappa shape index (κ3) is 2.85. The average Bonchev–Trinajstić information content (AvgIpc) is 2.99. The first kappa shape index (κ1) is 15.0. The van der Waals surface area contributed by atoms with E-state index in [0.717, 1.165) is 12.8 Å². The van der Waals surface area contributed by atoms with Crippen LogP contribution in [0.5, 0.6) is 0 Å². The highest BCUT2D eigenvalue weighted by Crippen LogP contribution is 2.33. The van der Waals surface area contributed by atoms with Crippen molar-refractivity contribution in [2.75, 3.05) is 19.8 Å². The van der Waals surface area contributed by atoms with Gasteiger partial charge in [0.05, 0.1) is 17.6 Å². The standard InChI is InChI=1S/C15H21NO4S/c17-15-8-10-20-11-13(15)14-7-4-9-16(14)21(18,19)12-5-2-1-3-6-12/h1-3,5-6,13-15,17H,4,7-11H2/t13-,14+,15-/m0/s1. The molecule has 0 aromatic heterocycles. The number of benzene rings is 1. The van der Waals surface area contributed by atoms with Gasteiger partial charge in [-0.2, -0.15) is 4.31 Å². The molecule has 0 radical (unpaired) electrons. The van der Waals surface area contributed by atoms with E-state index < -0.39 is 16.1 Å². The maximum absolute atomic E-state index is 12.8. The molecule has 1 N–H and O–H groups in total. The van der Waals surface area contributed by atoms with Crippen molar-refractivity contribution < 1.29 is 18.3 Å². The number of hydrogen-bond acceptors (Lipinski definition) is 4. The van der Waals surface area contributed by atoms with Gasteiger partial charge < -0.3 is 9.84 Å². The fourth-order valence-electron chi connectivity index (χ4n) is 3.34. The maximum Gasteiger partial charge on any atom is 0.243 e. The summed E-state index contributed by atoms with van der Waals surface area (Å²) < 4.78 is 32.6. The van der Waals surface area contributed by atoms with Crippen LogP contribution in [-0.2, 0) is 14.8 Å². The SMILES string of the molecule is O=S(=O)(c1ccccc1)N1CCC[C@@H]1[C@@H]1COCC[C@@H]1O. The molecular formula is C15H21NO4S. The Kier molecular flexibility index (Phi) is 4.31. The van der Waals surface area contributed by atoms with E-state index in [-0.39, 0.29) is 12.0 Å². The minimum absolute atomic E-state index is 0.125.